The molecule has 2 atom stereocenters. The van der Waals surface area contributed by atoms with Crippen LogP contribution >= 0.6 is 0 Å². The Morgan fingerprint density at radius 2 is 2.00 bits per heavy atom. The van der Waals surface area contributed by atoms with E-state index in [4.69, 9.17) is 4.74 Å². The molecule has 0 amide bonds. The molecule has 0 spiro atoms. The summed E-state index contributed by atoms with van der Waals surface area (Å²) in [5.74, 6) is 1.57. The third kappa shape index (κ3) is 3.55. The van der Waals surface area contributed by atoms with Gasteiger partial charge in [0.15, 0.2) is 0 Å². The first-order valence-corrected chi connectivity index (χ1v) is 8.77. The molecule has 2 heteroatoms. The van der Waals surface area contributed by atoms with Gasteiger partial charge in [-0.15, -0.1) is 6.58 Å². The van der Waals surface area contributed by atoms with Crippen molar-refractivity contribution >= 4 is 0 Å². The van der Waals surface area contributed by atoms with Gasteiger partial charge in [-0.25, -0.2) is 0 Å². The summed E-state index contributed by atoms with van der Waals surface area (Å²) in [6, 6.07) is 7.12. The molecular weight excluding hydrogens is 270 g/mol. The zero-order chi connectivity index (χ0) is 15.9. The van der Waals surface area contributed by atoms with Gasteiger partial charge in [0, 0.05) is 17.5 Å². The molecule has 2 rings (SSSR count). The molecule has 1 aliphatic rings. The van der Waals surface area contributed by atoms with Gasteiger partial charge in [-0.1, -0.05) is 32.1 Å². The average Bonchev–Trinajstić information content (AvgIpc) is 2.54. The van der Waals surface area contributed by atoms with E-state index in [9.17, 15) is 0 Å². The van der Waals surface area contributed by atoms with Crippen molar-refractivity contribution in [2.24, 2.45) is 0 Å². The Morgan fingerprint density at radius 3 is 2.59 bits per heavy atom. The molecule has 0 N–H and O–H groups in total. The number of methoxy groups -OCH3 is 1. The molecule has 0 radical (unpaired) electrons. The fourth-order valence-electron chi connectivity index (χ4n) is 4.01. The smallest absolute Gasteiger partial charge is 0.122 e. The van der Waals surface area contributed by atoms with Crippen molar-refractivity contribution in [1.82, 2.24) is 4.90 Å². The number of ether oxygens (including phenoxy) is 1. The number of rotatable bonds is 8. The van der Waals surface area contributed by atoms with Crippen molar-refractivity contribution < 1.29 is 4.74 Å². The Hall–Kier alpha value is -1.28. The molecule has 2 nitrogen and oxygen atoms in total. The third-order valence-corrected chi connectivity index (χ3v) is 4.83. The molecule has 0 unspecified atom stereocenters. The number of hydrogen-bond acceptors (Lipinski definition) is 2. The van der Waals surface area contributed by atoms with Crippen LogP contribution in [0.5, 0.6) is 5.75 Å². The SMILES string of the molecule is C=CC[C@@H]1c2c(cccc2OC)CC[C@@H]1N(CCC)CCC. The van der Waals surface area contributed by atoms with Crippen molar-refractivity contribution in [2.75, 3.05) is 20.2 Å². The van der Waals surface area contributed by atoms with Gasteiger partial charge >= 0.3 is 0 Å². The monoisotopic (exact) mass is 301 g/mol. The van der Waals surface area contributed by atoms with Gasteiger partial charge in [0.2, 0.25) is 0 Å². The summed E-state index contributed by atoms with van der Waals surface area (Å²) in [5.41, 5.74) is 2.90. The van der Waals surface area contributed by atoms with Crippen LogP contribution in [0.3, 0.4) is 0 Å². The molecule has 1 aliphatic carbocycles. The minimum Gasteiger partial charge on any atom is -0.496 e. The number of fused-ring (bicyclic) bond motifs is 1. The molecule has 0 saturated carbocycles. The zero-order valence-corrected chi connectivity index (χ0v) is 14.5. The third-order valence-electron chi connectivity index (χ3n) is 4.83. The molecule has 1 aromatic carbocycles. The molecule has 0 aliphatic heterocycles. The van der Waals surface area contributed by atoms with Crippen molar-refractivity contribution in [1.29, 1.82) is 0 Å². The standard InChI is InChI=1S/C20H31NO/c1-5-9-17-18(21(14-6-2)15-7-3)13-12-16-10-8-11-19(22-4)20(16)17/h5,8,10-11,17-18H,1,6-7,9,12-15H2,2-4H3/t17-,18-/m0/s1. The van der Waals surface area contributed by atoms with Gasteiger partial charge in [-0.3, -0.25) is 4.90 Å². The fraction of sp³-hybridized carbons (Fsp3) is 0.600. The first kappa shape index (κ1) is 17.1. The maximum absolute atomic E-state index is 5.68. The van der Waals surface area contributed by atoms with Crippen molar-refractivity contribution in [3.63, 3.8) is 0 Å². The molecule has 0 aromatic heterocycles. The normalized spacial score (nSPS) is 20.7. The summed E-state index contributed by atoms with van der Waals surface area (Å²) in [4.78, 5) is 2.70. The number of allylic oxidation sites excluding steroid dienone is 1. The second-order valence-electron chi connectivity index (χ2n) is 6.31. The highest BCUT2D eigenvalue weighted by Crippen LogP contribution is 2.42. The molecule has 1 aromatic rings. The van der Waals surface area contributed by atoms with Crippen molar-refractivity contribution in [2.45, 2.75) is 57.9 Å². The second kappa shape index (κ2) is 8.38. The van der Waals surface area contributed by atoms with E-state index in [1.807, 2.05) is 0 Å². The van der Waals surface area contributed by atoms with Crippen molar-refractivity contribution in [3.8, 4) is 5.75 Å². The summed E-state index contributed by atoms with van der Waals surface area (Å²) in [5, 5.41) is 0. The Kier molecular flexibility index (Phi) is 6.50. The topological polar surface area (TPSA) is 12.5 Å². The predicted molar refractivity (Wildman–Crippen MR) is 94.8 cm³/mol. The van der Waals surface area contributed by atoms with Gasteiger partial charge < -0.3 is 4.74 Å². The van der Waals surface area contributed by atoms with Crippen LogP contribution in [0, 0.1) is 0 Å². The van der Waals surface area contributed by atoms with Gasteiger partial charge in [0.05, 0.1) is 7.11 Å². The lowest BCUT2D eigenvalue weighted by Gasteiger charge is -2.41. The summed E-state index contributed by atoms with van der Waals surface area (Å²) in [7, 11) is 1.79. The molecule has 122 valence electrons. The summed E-state index contributed by atoms with van der Waals surface area (Å²) in [6.07, 6.45) is 7.96. The molecule has 22 heavy (non-hydrogen) atoms. The minimum atomic E-state index is 0.510. The molecular formula is C20H31NO. The van der Waals surface area contributed by atoms with Crippen LogP contribution in [-0.4, -0.2) is 31.1 Å². The van der Waals surface area contributed by atoms with Gasteiger partial charge in [0.1, 0.15) is 5.75 Å². The Labute approximate surface area is 136 Å². The lowest BCUT2D eigenvalue weighted by atomic mass is 9.76. The van der Waals surface area contributed by atoms with Gasteiger partial charge in [-0.05, 0) is 56.8 Å². The largest absolute Gasteiger partial charge is 0.496 e. The van der Waals surface area contributed by atoms with E-state index in [2.05, 4.69) is 49.6 Å². The van der Waals surface area contributed by atoms with Crippen LogP contribution in [0.15, 0.2) is 30.9 Å². The van der Waals surface area contributed by atoms with E-state index in [0.29, 0.717) is 12.0 Å². The summed E-state index contributed by atoms with van der Waals surface area (Å²) < 4.78 is 5.68. The van der Waals surface area contributed by atoms with E-state index in [-0.39, 0.29) is 0 Å². The second-order valence-corrected chi connectivity index (χ2v) is 6.31. The predicted octanol–water partition coefficient (Wildman–Crippen LogP) is 4.79. The van der Waals surface area contributed by atoms with E-state index >= 15 is 0 Å². The van der Waals surface area contributed by atoms with E-state index < -0.39 is 0 Å². The van der Waals surface area contributed by atoms with Crippen LogP contribution in [0.25, 0.3) is 0 Å². The zero-order valence-electron chi connectivity index (χ0n) is 14.5. The van der Waals surface area contributed by atoms with Crippen LogP contribution in [0.4, 0.5) is 0 Å². The lowest BCUT2D eigenvalue weighted by Crippen LogP contribution is -2.43. The van der Waals surface area contributed by atoms with Gasteiger partial charge in [-0.2, -0.15) is 0 Å². The fourth-order valence-corrected chi connectivity index (χ4v) is 4.01. The van der Waals surface area contributed by atoms with Gasteiger partial charge in [0.25, 0.3) is 0 Å². The molecule has 0 bridgehead atoms. The van der Waals surface area contributed by atoms with E-state index in [1.54, 1.807) is 7.11 Å². The molecule has 0 saturated heterocycles. The Bertz CT molecular complexity index is 462. The Morgan fingerprint density at radius 1 is 1.27 bits per heavy atom. The number of hydrogen-bond donors (Lipinski definition) is 0. The molecule has 0 fully saturated rings. The average molecular weight is 301 g/mol. The number of aryl methyl sites for hydroxylation is 1. The summed E-state index contributed by atoms with van der Waals surface area (Å²) >= 11 is 0. The summed E-state index contributed by atoms with van der Waals surface area (Å²) in [6.45, 7) is 11.0. The van der Waals surface area contributed by atoms with Crippen LogP contribution < -0.4 is 4.74 Å². The van der Waals surface area contributed by atoms with E-state index in [0.717, 1.165) is 18.6 Å². The van der Waals surface area contributed by atoms with Crippen molar-refractivity contribution in [3.05, 3.63) is 42.0 Å². The highest BCUT2D eigenvalue weighted by Gasteiger charge is 2.34. The first-order chi connectivity index (χ1) is 10.8. The van der Waals surface area contributed by atoms with E-state index in [1.165, 1.54) is 43.5 Å². The Balaban J connectivity index is 2.38. The van der Waals surface area contributed by atoms with Crippen LogP contribution in [0.2, 0.25) is 0 Å². The lowest BCUT2D eigenvalue weighted by molar-refractivity contribution is 0.152. The number of nitrogens with zero attached hydrogens (tertiary/aromatic N) is 1. The quantitative estimate of drug-likeness (QED) is 0.640. The number of benzene rings is 1. The maximum atomic E-state index is 5.68. The van der Waals surface area contributed by atoms with Crippen LogP contribution in [-0.2, 0) is 6.42 Å². The molecule has 0 heterocycles. The highest BCUT2D eigenvalue weighted by molar-refractivity contribution is 5.45. The maximum Gasteiger partial charge on any atom is 0.122 e. The minimum absolute atomic E-state index is 0.510. The highest BCUT2D eigenvalue weighted by atomic mass is 16.5. The first-order valence-electron chi connectivity index (χ1n) is 8.77. The van der Waals surface area contributed by atoms with Crippen LogP contribution in [0.1, 0.15) is 56.6 Å².